The molecule has 0 atom stereocenters. The lowest BCUT2D eigenvalue weighted by atomic mass is 9.33. The summed E-state index contributed by atoms with van der Waals surface area (Å²) < 4.78 is 0. The van der Waals surface area contributed by atoms with Crippen LogP contribution in [0.25, 0.3) is 11.1 Å². The van der Waals surface area contributed by atoms with Crippen molar-refractivity contribution in [1.82, 2.24) is 0 Å². The minimum absolute atomic E-state index is 0.266. The van der Waals surface area contributed by atoms with E-state index in [0.717, 1.165) is 62.3 Å². The van der Waals surface area contributed by atoms with Crippen molar-refractivity contribution in [3.63, 3.8) is 0 Å². The first kappa shape index (κ1) is 66.5. The topological polar surface area (TPSA) is 9.72 Å². The van der Waals surface area contributed by atoms with E-state index in [1.54, 1.807) is 0 Å². The maximum Gasteiger partial charge on any atom is 0.252 e. The monoisotopic (exact) mass is 1440 g/mol. The van der Waals surface area contributed by atoms with E-state index in [-0.39, 0.29) is 6.71 Å². The maximum atomic E-state index is 2.67. The fourth-order valence-corrected chi connectivity index (χ4v) is 32.6. The van der Waals surface area contributed by atoms with E-state index in [4.69, 9.17) is 0 Å². The largest absolute Gasteiger partial charge is 0.311 e. The van der Waals surface area contributed by atoms with Gasteiger partial charge in [0, 0.05) is 51.1 Å². The van der Waals surface area contributed by atoms with Crippen LogP contribution in [-0.2, 0) is 0 Å². The van der Waals surface area contributed by atoms with Gasteiger partial charge in [0.05, 0.1) is 5.69 Å². The highest BCUT2D eigenvalue weighted by Crippen LogP contribution is 2.50. The van der Waals surface area contributed by atoms with Crippen molar-refractivity contribution in [2.45, 2.75) is 0 Å². The third-order valence-corrected chi connectivity index (χ3v) is 37.2. The van der Waals surface area contributed by atoms with Gasteiger partial charge in [0.25, 0.3) is 6.71 Å². The molecule has 514 valence electrons. The molecule has 2 aliphatic rings. The number of benzene rings is 17. The molecule has 0 N–H and O–H groups in total. The zero-order valence-electron chi connectivity index (χ0n) is 60.3. The van der Waals surface area contributed by atoms with Crippen molar-refractivity contribution >= 4 is 161 Å². The fraction of sp³-hybridized carbons (Fsp3) is 0. The second kappa shape index (κ2) is 28.6. The third kappa shape index (κ3) is 11.2. The third-order valence-electron chi connectivity index (χ3n) is 22.9. The molecule has 0 bridgehead atoms. The van der Waals surface area contributed by atoms with Gasteiger partial charge in [-0.1, -0.05) is 394 Å². The van der Waals surface area contributed by atoms with E-state index < -0.39 is 24.2 Å². The normalized spacial score (nSPS) is 12.3. The smallest absolute Gasteiger partial charge is 0.252 e. The first-order valence-corrected chi connectivity index (χ1v) is 43.8. The van der Waals surface area contributed by atoms with Gasteiger partial charge in [-0.3, -0.25) is 0 Å². The lowest BCUT2D eigenvalue weighted by molar-refractivity contribution is 1.23. The van der Waals surface area contributed by atoms with Gasteiger partial charge in [-0.15, -0.1) is 0 Å². The van der Waals surface area contributed by atoms with E-state index >= 15 is 0 Å². The standard InChI is InChI=1S/C102H76BN3Si3/c1-13-38-77(39-14-1)95-62-37-63-96-102(95)106(81-66-70-93(71-67-81)108(86-50-25-7-26-51-86,87-52-27-8-28-53-87)88-54-29-9-30-55-88)100-75-82(104(78-40-15-2-16-41-78)79-42-17-3-18-43-79)74-99-101(100)103(96)97-76-94(109(89-56-31-10-32-57-89,90-58-33-11-34-59-90)91-60-35-12-36-61-91)72-73-98(97)105(99)80-64-68-92(69-65-80)107(83-44-19-4-20-45-83,84-46-21-5-22-47-84)85-48-23-6-24-49-85/h1-76H. The zero-order valence-corrected chi connectivity index (χ0v) is 63.3. The highest BCUT2D eigenvalue weighted by molar-refractivity contribution is 7.21. The first-order valence-electron chi connectivity index (χ1n) is 37.8. The number of rotatable bonds is 18. The number of para-hydroxylation sites is 3. The lowest BCUT2D eigenvalue weighted by Gasteiger charge is -2.46. The summed E-state index contributed by atoms with van der Waals surface area (Å²) in [6.45, 7) is -0.266. The summed E-state index contributed by atoms with van der Waals surface area (Å²) in [6.07, 6.45) is 0. The molecule has 2 heterocycles. The van der Waals surface area contributed by atoms with Gasteiger partial charge in [0.1, 0.15) is 0 Å². The Morgan fingerprint density at radius 3 is 0.835 bits per heavy atom. The molecule has 109 heavy (non-hydrogen) atoms. The minimum atomic E-state index is -3.16. The highest BCUT2D eigenvalue weighted by atomic mass is 28.3. The summed E-state index contributed by atoms with van der Waals surface area (Å²) in [5.41, 5.74) is 15.8. The van der Waals surface area contributed by atoms with Crippen LogP contribution in [0.1, 0.15) is 0 Å². The van der Waals surface area contributed by atoms with Crippen LogP contribution < -0.4 is 93.3 Å². The minimum Gasteiger partial charge on any atom is -0.311 e. The Bertz CT molecular complexity index is 5670. The van der Waals surface area contributed by atoms with E-state index in [0.29, 0.717) is 0 Å². The number of anilines is 9. The van der Waals surface area contributed by atoms with E-state index in [2.05, 4.69) is 476 Å². The summed E-state index contributed by atoms with van der Waals surface area (Å²) in [6, 6.07) is 175. The Morgan fingerprint density at radius 2 is 0.486 bits per heavy atom. The maximum absolute atomic E-state index is 3.16. The lowest BCUT2D eigenvalue weighted by Crippen LogP contribution is -2.75. The predicted octanol–water partition coefficient (Wildman–Crippen LogP) is 15.0. The van der Waals surface area contributed by atoms with Gasteiger partial charge in [-0.05, 0) is 151 Å². The summed E-state index contributed by atoms with van der Waals surface area (Å²) >= 11 is 0. The molecule has 0 fully saturated rings. The van der Waals surface area contributed by atoms with Crippen molar-refractivity contribution < 1.29 is 0 Å². The number of nitrogens with zero attached hydrogens (tertiary/aromatic N) is 3. The molecule has 17 aromatic carbocycles. The van der Waals surface area contributed by atoms with Crippen LogP contribution in [0, 0.1) is 0 Å². The molecule has 0 amide bonds. The number of hydrogen-bond acceptors (Lipinski definition) is 3. The average molecular weight is 1440 g/mol. The van der Waals surface area contributed by atoms with Gasteiger partial charge in [-0.25, -0.2) is 0 Å². The molecular formula is C102H76BN3Si3. The second-order valence-electron chi connectivity index (χ2n) is 28.5. The van der Waals surface area contributed by atoms with Crippen molar-refractivity contribution in [2.75, 3.05) is 14.7 Å². The first-order chi connectivity index (χ1) is 54.1. The zero-order chi connectivity index (χ0) is 72.6. The van der Waals surface area contributed by atoms with Crippen LogP contribution in [0.15, 0.2) is 461 Å². The van der Waals surface area contributed by atoms with Crippen LogP contribution >= 0.6 is 0 Å². The van der Waals surface area contributed by atoms with E-state index in [9.17, 15) is 0 Å². The Balaban J connectivity index is 0.936. The van der Waals surface area contributed by atoms with Crippen molar-refractivity contribution in [1.29, 1.82) is 0 Å². The number of hydrogen-bond donors (Lipinski definition) is 0. The number of fused-ring (bicyclic) bond motifs is 4. The van der Waals surface area contributed by atoms with Crippen molar-refractivity contribution in [3.8, 4) is 11.1 Å². The van der Waals surface area contributed by atoms with Crippen LogP contribution in [0.4, 0.5) is 51.2 Å². The molecule has 0 aliphatic carbocycles. The summed E-state index contributed by atoms with van der Waals surface area (Å²) in [7, 11) is -9.11. The molecule has 0 saturated carbocycles. The Hall–Kier alpha value is -13.1. The molecule has 0 spiro atoms. The second-order valence-corrected chi connectivity index (χ2v) is 40.0. The van der Waals surface area contributed by atoms with Crippen LogP contribution in [0.2, 0.25) is 0 Å². The SMILES string of the molecule is c1ccc(-c2cccc3c2N(c2ccc([Si](c4ccccc4)(c4ccccc4)c4ccccc4)cc2)c2cc(N(c4ccccc4)c4ccccc4)cc4c2B3c2cc([Si](c3ccccc3)(c3ccccc3)c3ccccc3)ccc2N4c2ccc([Si](c3ccccc3)(c3ccccc3)c3ccccc3)cc2)cc1. The van der Waals surface area contributed by atoms with Crippen LogP contribution in [0.3, 0.4) is 0 Å². The molecule has 0 saturated heterocycles. The van der Waals surface area contributed by atoms with Gasteiger partial charge in [-0.2, -0.15) is 0 Å². The van der Waals surface area contributed by atoms with E-state index in [1.165, 1.54) is 78.6 Å². The van der Waals surface area contributed by atoms with E-state index in [1.807, 2.05) is 0 Å². The van der Waals surface area contributed by atoms with Crippen LogP contribution in [0.5, 0.6) is 0 Å². The van der Waals surface area contributed by atoms with Crippen molar-refractivity contribution in [2.24, 2.45) is 0 Å². The fourth-order valence-electron chi connectivity index (χ4n) is 18.3. The molecule has 19 rings (SSSR count). The Labute approximate surface area is 643 Å². The molecule has 2 aliphatic heterocycles. The quantitative estimate of drug-likeness (QED) is 0.0626. The highest BCUT2D eigenvalue weighted by Gasteiger charge is 2.49. The predicted molar refractivity (Wildman–Crippen MR) is 471 cm³/mol. The van der Waals surface area contributed by atoms with Crippen molar-refractivity contribution in [3.05, 3.63) is 461 Å². The summed E-state index contributed by atoms with van der Waals surface area (Å²) in [4.78, 5) is 7.75. The average Bonchev–Trinajstić information content (AvgIpc) is 0.685. The summed E-state index contributed by atoms with van der Waals surface area (Å²) in [5.74, 6) is 0. The van der Waals surface area contributed by atoms with Crippen LogP contribution in [-0.4, -0.2) is 30.9 Å². The molecule has 7 heteroatoms. The van der Waals surface area contributed by atoms with Gasteiger partial charge < -0.3 is 14.7 Å². The van der Waals surface area contributed by atoms with Gasteiger partial charge in [0.15, 0.2) is 24.2 Å². The van der Waals surface area contributed by atoms with Gasteiger partial charge in [0.2, 0.25) is 0 Å². The summed E-state index contributed by atoms with van der Waals surface area (Å²) in [5, 5.41) is 15.9. The molecule has 0 unspecified atom stereocenters. The molecule has 0 aromatic heterocycles. The molecular weight excluding hydrogens is 1360 g/mol. The van der Waals surface area contributed by atoms with Gasteiger partial charge >= 0.3 is 0 Å². The molecule has 17 aromatic rings. The molecule has 3 nitrogen and oxygen atoms in total. The Kier molecular flexibility index (Phi) is 17.5. The molecule has 0 radical (unpaired) electrons. The Morgan fingerprint density at radius 1 is 0.202 bits per heavy atom.